The summed E-state index contributed by atoms with van der Waals surface area (Å²) in [6, 6.07) is 44.5. The van der Waals surface area contributed by atoms with E-state index in [1.165, 1.54) is 117 Å². The van der Waals surface area contributed by atoms with Crippen LogP contribution in [-0.2, 0) is 56.6 Å². The van der Waals surface area contributed by atoms with Gasteiger partial charge in [-0.15, -0.1) is 0 Å². The second-order valence-corrected chi connectivity index (χ2v) is 29.1. The van der Waals surface area contributed by atoms with Gasteiger partial charge in [0.1, 0.15) is 0 Å². The van der Waals surface area contributed by atoms with Gasteiger partial charge in [0.15, 0.2) is 0 Å². The Labute approximate surface area is 583 Å². The Morgan fingerprint density at radius 1 is 0.352 bits per heavy atom. The molecule has 492 valence electrons. The topological polar surface area (TPSA) is 31.4 Å². The summed E-state index contributed by atoms with van der Waals surface area (Å²) in [4.78, 5) is 11.6. The molecule has 2 aliphatic rings. The Morgan fingerprint density at radius 3 is 0.813 bits per heavy atom. The van der Waals surface area contributed by atoms with E-state index >= 15 is 0 Å². The maximum Gasteiger partial charge on any atom is 0.0146 e. The molecule has 12 heteroatoms. The largest absolute Gasteiger partial charge is 0.779 e. The SMILES string of the molecule is CC(C)Oc1ccccc1[CH]=[Ru][Cl].CC(C)Oc1ccccc1[CH]=[Ru][Cl].Cc1cc(C)c(N2[CH-]N(c3c(C)cc(C)cc3C)CC2)c(C)c1.Cc1cc(C)c(N2[CH-]N(c3c(C)cc(C)cc3C)CC2)c(C)c1.Cc1cc(C)c([S-])c(C)c1.Cc1cccc(C)c1[S-]. The summed E-state index contributed by atoms with van der Waals surface area (Å²) in [7, 11) is 11.4. The van der Waals surface area contributed by atoms with Crippen molar-refractivity contribution >= 4 is 76.6 Å². The van der Waals surface area contributed by atoms with Crippen LogP contribution in [0.5, 0.6) is 11.5 Å². The number of aryl methyl sites for hydroxylation is 17. The molecule has 2 heterocycles. The van der Waals surface area contributed by atoms with Crippen LogP contribution in [0.1, 0.15) is 133 Å². The molecule has 0 radical (unpaired) electrons. The van der Waals surface area contributed by atoms with Gasteiger partial charge in [-0.25, -0.2) is 0 Å². The average molecular weight is 1470 g/mol. The van der Waals surface area contributed by atoms with Crippen LogP contribution < -0.4 is 29.1 Å². The van der Waals surface area contributed by atoms with Crippen LogP contribution in [0.25, 0.3) is 0 Å². The average Bonchev–Trinajstić information content (AvgIpc) is 1.72. The molecule has 2 saturated heterocycles. The molecule has 8 aromatic rings. The Hall–Kier alpha value is -5.43. The van der Waals surface area contributed by atoms with E-state index in [-0.39, 0.29) is 43.6 Å². The molecular formula is C79H98Cl2N4O2Ru2S2-4. The van der Waals surface area contributed by atoms with Crippen LogP contribution in [0.3, 0.4) is 0 Å². The monoisotopic (exact) mass is 1470 g/mol. The minimum absolute atomic E-state index is 0.191. The van der Waals surface area contributed by atoms with E-state index in [2.05, 4.69) is 197 Å². The van der Waals surface area contributed by atoms with Crippen molar-refractivity contribution in [2.24, 2.45) is 0 Å². The van der Waals surface area contributed by atoms with Crippen LogP contribution in [0, 0.1) is 131 Å². The maximum atomic E-state index is 5.72. The first-order valence-electron chi connectivity index (χ1n) is 31.2. The number of benzene rings is 8. The maximum absolute atomic E-state index is 5.72. The van der Waals surface area contributed by atoms with Gasteiger partial charge in [-0.2, -0.15) is 23.1 Å². The molecule has 8 aromatic carbocycles. The van der Waals surface area contributed by atoms with Crippen molar-refractivity contribution in [3.8, 4) is 11.5 Å². The zero-order chi connectivity index (χ0) is 67.4. The molecule has 2 aliphatic heterocycles. The predicted molar refractivity (Wildman–Crippen MR) is 395 cm³/mol. The molecule has 0 saturated carbocycles. The van der Waals surface area contributed by atoms with E-state index < -0.39 is 0 Å². The Balaban J connectivity index is 0.000000206. The molecular weight excluding hydrogens is 1370 g/mol. The van der Waals surface area contributed by atoms with Gasteiger partial charge in [-0.3, -0.25) is 0 Å². The van der Waals surface area contributed by atoms with Gasteiger partial charge in [0.05, 0.1) is 0 Å². The van der Waals surface area contributed by atoms with Gasteiger partial charge in [0.25, 0.3) is 0 Å². The van der Waals surface area contributed by atoms with Crippen LogP contribution >= 0.6 is 19.4 Å². The molecule has 0 bridgehead atoms. The number of hydrogen-bond acceptors (Lipinski definition) is 8. The van der Waals surface area contributed by atoms with Crippen LogP contribution in [0.15, 0.2) is 137 Å². The van der Waals surface area contributed by atoms with Gasteiger partial charge < -0.3 is 44.9 Å². The molecule has 0 aromatic heterocycles. The number of para-hydroxylation sites is 2. The molecule has 6 nitrogen and oxygen atoms in total. The van der Waals surface area contributed by atoms with Crippen molar-refractivity contribution in [1.82, 2.24) is 0 Å². The molecule has 0 spiro atoms. The third-order valence-corrected chi connectivity index (χ3v) is 18.9. The van der Waals surface area contributed by atoms with E-state index in [0.717, 1.165) is 58.6 Å². The van der Waals surface area contributed by atoms with Crippen LogP contribution in [-0.4, -0.2) is 47.6 Å². The fourth-order valence-corrected chi connectivity index (χ4v) is 14.6. The fraction of sp³-hybridized carbons (Fsp3) is 0.342. The standard InChI is InChI=1S/2C21H27N2.2C10H12O.C9H12S.C8H10S.2ClH.2Ru/c2*1-14-9-16(3)20(17(4)10-14)22-7-8-23(13-22)21-18(5)11-15(2)12-19(21)6;2*1-8(2)11-10-7-5-4-6-9(10)3;1-6-4-7(2)9(10)8(3)5-6;1-6-4-3-5-7(2)8(6)9;;;;/h2*9-13H,7-8H2,1-6H3;2*3-8H,1-2H3;4-5,10H,1-3H3;3-5,9H,1-2H3;2*1H;;/q2*-1;;;;;;;2*+1/p-4. The number of anilines is 4. The van der Waals surface area contributed by atoms with Gasteiger partial charge in [-0.05, 0) is 162 Å². The second kappa shape index (κ2) is 36.9. The van der Waals surface area contributed by atoms with Crippen molar-refractivity contribution in [3.05, 3.63) is 246 Å². The summed E-state index contributed by atoms with van der Waals surface area (Å²) in [5.41, 5.74) is 30.0. The minimum atomic E-state index is -0.191. The second-order valence-electron chi connectivity index (χ2n) is 24.7. The predicted octanol–water partition coefficient (Wildman–Crippen LogP) is 20.4. The Kier molecular flexibility index (Phi) is 30.9. The number of hydrogen-bond donors (Lipinski definition) is 0. The van der Waals surface area contributed by atoms with Crippen molar-refractivity contribution in [1.29, 1.82) is 0 Å². The number of ether oxygens (including phenoxy) is 2. The smallest absolute Gasteiger partial charge is 0.0146 e. The summed E-state index contributed by atoms with van der Waals surface area (Å²) in [5, 5.41) is 0. The number of nitrogens with zero attached hydrogens (tertiary/aromatic N) is 4. The van der Waals surface area contributed by atoms with Crippen molar-refractivity contribution in [3.63, 3.8) is 0 Å². The van der Waals surface area contributed by atoms with Crippen LogP contribution in [0.4, 0.5) is 22.7 Å². The third-order valence-electron chi connectivity index (χ3n) is 15.3. The summed E-state index contributed by atoms with van der Waals surface area (Å²) in [5.74, 6) is 1.85. The van der Waals surface area contributed by atoms with E-state index in [9.17, 15) is 0 Å². The summed E-state index contributed by atoms with van der Waals surface area (Å²) in [6.07, 6.45) is 0.418. The van der Waals surface area contributed by atoms with Gasteiger partial charge >= 0.3 is 181 Å². The molecule has 2 fully saturated rings. The van der Waals surface area contributed by atoms with E-state index in [0.29, 0.717) is 0 Å². The van der Waals surface area contributed by atoms with Crippen molar-refractivity contribution < 1.29 is 40.8 Å². The van der Waals surface area contributed by atoms with Gasteiger partial charge in [0.2, 0.25) is 0 Å². The molecule has 10 rings (SSSR count). The van der Waals surface area contributed by atoms with Crippen molar-refractivity contribution in [2.45, 2.75) is 167 Å². The molecule has 0 N–H and O–H groups in total. The first-order valence-corrected chi connectivity index (χ1v) is 38.5. The quantitative estimate of drug-likeness (QED) is 0.0761. The molecule has 0 unspecified atom stereocenters. The summed E-state index contributed by atoms with van der Waals surface area (Å²) in [6.45, 7) is 53.5. The zero-order valence-corrected chi connectivity index (χ0v) is 64.4. The Morgan fingerprint density at radius 2 is 0.582 bits per heavy atom. The number of halogens is 2. The molecule has 0 atom stereocenters. The minimum Gasteiger partial charge on any atom is -0.779 e. The Bertz CT molecular complexity index is 3320. The van der Waals surface area contributed by atoms with Crippen molar-refractivity contribution in [2.75, 3.05) is 45.8 Å². The molecule has 0 aliphatic carbocycles. The first-order chi connectivity index (χ1) is 43.0. The molecule has 91 heavy (non-hydrogen) atoms. The van der Waals surface area contributed by atoms with E-state index in [1.807, 2.05) is 117 Å². The van der Waals surface area contributed by atoms with Crippen LogP contribution in [0.2, 0.25) is 0 Å². The van der Waals surface area contributed by atoms with Gasteiger partial charge in [0, 0.05) is 48.9 Å². The first kappa shape index (κ1) is 76.3. The summed E-state index contributed by atoms with van der Waals surface area (Å²) >= 11 is 9.87. The summed E-state index contributed by atoms with van der Waals surface area (Å²) < 4.78 is 15.3. The number of rotatable bonds is 10. The van der Waals surface area contributed by atoms with E-state index in [1.54, 1.807) is 0 Å². The molecule has 0 amide bonds. The normalized spacial score (nSPS) is 12.8. The zero-order valence-electron chi connectivity index (χ0n) is 57.8. The fourth-order valence-electron chi connectivity index (χ4n) is 12.1. The van der Waals surface area contributed by atoms with Gasteiger partial charge in [-0.1, -0.05) is 129 Å². The third kappa shape index (κ3) is 22.9. The van der Waals surface area contributed by atoms with E-state index in [4.69, 9.17) is 54.1 Å².